The van der Waals surface area contributed by atoms with E-state index in [0.717, 1.165) is 18.5 Å². The Morgan fingerprint density at radius 3 is 2.78 bits per heavy atom. The molecule has 0 spiro atoms. The van der Waals surface area contributed by atoms with E-state index in [1.54, 1.807) is 6.07 Å². The second-order valence-corrected chi connectivity index (χ2v) is 5.52. The molecular weight excluding hydrogens is 227 g/mol. The topological polar surface area (TPSA) is 29.3 Å². The summed E-state index contributed by atoms with van der Waals surface area (Å²) in [6, 6.07) is 5.45. The molecule has 1 aliphatic rings. The average Bonchev–Trinajstić information content (AvgIpc) is 2.33. The molecule has 18 heavy (non-hydrogen) atoms. The standard InChI is InChI=1S/C15H23FN2/c1-10-6-5-9-18(12(10)3)15-13(11(2)17)7-4-8-14(15)16/h4,7-8,10-12H,5-6,9,17H2,1-3H3/t10?,11-,12?/m1/s1. The highest BCUT2D eigenvalue weighted by atomic mass is 19.1. The van der Waals surface area contributed by atoms with E-state index in [-0.39, 0.29) is 11.9 Å². The van der Waals surface area contributed by atoms with Gasteiger partial charge in [0.15, 0.2) is 0 Å². The molecule has 0 saturated carbocycles. The predicted octanol–water partition coefficient (Wildman–Crippen LogP) is 3.47. The minimum Gasteiger partial charge on any atom is -0.366 e. The van der Waals surface area contributed by atoms with Crippen LogP contribution in [0, 0.1) is 11.7 Å². The van der Waals surface area contributed by atoms with Crippen molar-refractivity contribution in [1.82, 2.24) is 0 Å². The Hall–Kier alpha value is -1.09. The molecule has 2 nitrogen and oxygen atoms in total. The van der Waals surface area contributed by atoms with Crippen LogP contribution in [0.1, 0.15) is 45.2 Å². The van der Waals surface area contributed by atoms with Gasteiger partial charge in [-0.15, -0.1) is 0 Å². The monoisotopic (exact) mass is 250 g/mol. The number of hydrogen-bond acceptors (Lipinski definition) is 2. The van der Waals surface area contributed by atoms with Crippen molar-refractivity contribution in [1.29, 1.82) is 0 Å². The van der Waals surface area contributed by atoms with Crippen LogP contribution in [0.2, 0.25) is 0 Å². The van der Waals surface area contributed by atoms with Gasteiger partial charge in [-0.3, -0.25) is 0 Å². The second kappa shape index (κ2) is 5.27. The highest BCUT2D eigenvalue weighted by Gasteiger charge is 2.28. The third-order valence-electron chi connectivity index (χ3n) is 4.17. The van der Waals surface area contributed by atoms with E-state index < -0.39 is 0 Å². The Labute approximate surface area is 109 Å². The summed E-state index contributed by atoms with van der Waals surface area (Å²) < 4.78 is 14.2. The van der Waals surface area contributed by atoms with Crippen LogP contribution >= 0.6 is 0 Å². The largest absolute Gasteiger partial charge is 0.366 e. The molecule has 1 aliphatic heterocycles. The molecule has 0 aliphatic carbocycles. The Morgan fingerprint density at radius 1 is 1.39 bits per heavy atom. The van der Waals surface area contributed by atoms with Crippen molar-refractivity contribution >= 4 is 5.69 Å². The van der Waals surface area contributed by atoms with Crippen LogP contribution in [0.15, 0.2) is 18.2 Å². The molecule has 2 rings (SSSR count). The summed E-state index contributed by atoms with van der Waals surface area (Å²) in [4.78, 5) is 2.20. The van der Waals surface area contributed by atoms with E-state index in [4.69, 9.17) is 5.73 Å². The molecule has 0 bridgehead atoms. The van der Waals surface area contributed by atoms with Crippen molar-refractivity contribution < 1.29 is 4.39 Å². The maximum atomic E-state index is 14.2. The Kier molecular flexibility index (Phi) is 3.91. The number of anilines is 1. The van der Waals surface area contributed by atoms with Gasteiger partial charge in [0.2, 0.25) is 0 Å². The summed E-state index contributed by atoms with van der Waals surface area (Å²) >= 11 is 0. The SMILES string of the molecule is CC1CCCN(c2c(F)cccc2[C@@H](C)N)C1C. The summed E-state index contributed by atoms with van der Waals surface area (Å²) in [5.41, 5.74) is 7.60. The molecule has 0 aromatic heterocycles. The molecule has 1 aromatic rings. The van der Waals surface area contributed by atoms with Gasteiger partial charge in [-0.1, -0.05) is 19.1 Å². The van der Waals surface area contributed by atoms with Crippen molar-refractivity contribution in [2.75, 3.05) is 11.4 Å². The van der Waals surface area contributed by atoms with Crippen molar-refractivity contribution in [2.45, 2.75) is 45.7 Å². The van der Waals surface area contributed by atoms with Crippen LogP contribution < -0.4 is 10.6 Å². The van der Waals surface area contributed by atoms with Gasteiger partial charge in [-0.25, -0.2) is 4.39 Å². The van der Waals surface area contributed by atoms with Crippen LogP contribution in [0.25, 0.3) is 0 Å². The zero-order chi connectivity index (χ0) is 13.3. The summed E-state index contributed by atoms with van der Waals surface area (Å²) in [7, 11) is 0. The fourth-order valence-corrected chi connectivity index (χ4v) is 2.85. The predicted molar refractivity (Wildman–Crippen MR) is 74.2 cm³/mol. The van der Waals surface area contributed by atoms with Crippen molar-refractivity contribution in [3.8, 4) is 0 Å². The number of rotatable bonds is 2. The number of halogens is 1. The van der Waals surface area contributed by atoms with Gasteiger partial charge in [0.05, 0.1) is 5.69 Å². The summed E-state index contributed by atoms with van der Waals surface area (Å²) in [6.07, 6.45) is 2.35. The van der Waals surface area contributed by atoms with Crippen LogP contribution in [-0.4, -0.2) is 12.6 Å². The first kappa shape index (κ1) is 13.3. The van der Waals surface area contributed by atoms with E-state index >= 15 is 0 Å². The maximum absolute atomic E-state index is 14.2. The van der Waals surface area contributed by atoms with Gasteiger partial charge in [0.1, 0.15) is 5.82 Å². The lowest BCUT2D eigenvalue weighted by atomic mass is 9.90. The quantitative estimate of drug-likeness (QED) is 0.871. The second-order valence-electron chi connectivity index (χ2n) is 5.52. The molecule has 100 valence electrons. The molecule has 0 amide bonds. The molecule has 1 fully saturated rings. The number of piperidine rings is 1. The normalized spacial score (nSPS) is 26.2. The lowest BCUT2D eigenvalue weighted by molar-refractivity contribution is 0.359. The minimum absolute atomic E-state index is 0.139. The highest BCUT2D eigenvalue weighted by molar-refractivity contribution is 5.57. The molecule has 1 saturated heterocycles. The van der Waals surface area contributed by atoms with Crippen LogP contribution in [-0.2, 0) is 0 Å². The third-order valence-corrected chi connectivity index (χ3v) is 4.17. The number of nitrogens with two attached hydrogens (primary N) is 1. The van der Waals surface area contributed by atoms with Crippen molar-refractivity contribution in [3.63, 3.8) is 0 Å². The van der Waals surface area contributed by atoms with Gasteiger partial charge < -0.3 is 10.6 Å². The lowest BCUT2D eigenvalue weighted by Gasteiger charge is -2.41. The van der Waals surface area contributed by atoms with Crippen molar-refractivity contribution in [3.05, 3.63) is 29.6 Å². The smallest absolute Gasteiger partial charge is 0.146 e. The highest BCUT2D eigenvalue weighted by Crippen LogP contribution is 2.34. The molecule has 3 heteroatoms. The maximum Gasteiger partial charge on any atom is 0.146 e. The molecule has 0 radical (unpaired) electrons. The van der Waals surface area contributed by atoms with Gasteiger partial charge in [0, 0.05) is 18.6 Å². The zero-order valence-electron chi connectivity index (χ0n) is 11.5. The molecule has 1 heterocycles. The Morgan fingerprint density at radius 2 is 2.11 bits per heavy atom. The number of nitrogens with zero attached hydrogens (tertiary/aromatic N) is 1. The van der Waals surface area contributed by atoms with E-state index in [9.17, 15) is 4.39 Å². The van der Waals surface area contributed by atoms with Gasteiger partial charge >= 0.3 is 0 Å². The fourth-order valence-electron chi connectivity index (χ4n) is 2.85. The van der Waals surface area contributed by atoms with Gasteiger partial charge in [0.25, 0.3) is 0 Å². The number of para-hydroxylation sites is 1. The molecule has 3 atom stereocenters. The molecule has 2 unspecified atom stereocenters. The van der Waals surface area contributed by atoms with Crippen LogP contribution in [0.5, 0.6) is 0 Å². The first-order valence-electron chi connectivity index (χ1n) is 6.83. The van der Waals surface area contributed by atoms with Gasteiger partial charge in [-0.2, -0.15) is 0 Å². The molecular formula is C15H23FN2. The summed E-state index contributed by atoms with van der Waals surface area (Å²) in [6.45, 7) is 7.26. The fraction of sp³-hybridized carbons (Fsp3) is 0.600. The van der Waals surface area contributed by atoms with Crippen LogP contribution in [0.4, 0.5) is 10.1 Å². The first-order chi connectivity index (χ1) is 8.52. The Bertz CT molecular complexity index is 417. The van der Waals surface area contributed by atoms with E-state index in [0.29, 0.717) is 17.6 Å². The molecule has 2 N–H and O–H groups in total. The van der Waals surface area contributed by atoms with Crippen LogP contribution in [0.3, 0.4) is 0 Å². The first-order valence-corrected chi connectivity index (χ1v) is 6.83. The Balaban J connectivity index is 2.43. The summed E-state index contributed by atoms with van der Waals surface area (Å²) in [5.74, 6) is 0.449. The average molecular weight is 250 g/mol. The van der Waals surface area contributed by atoms with Gasteiger partial charge in [-0.05, 0) is 44.2 Å². The number of hydrogen-bond donors (Lipinski definition) is 1. The van der Waals surface area contributed by atoms with E-state index in [2.05, 4.69) is 18.7 Å². The van der Waals surface area contributed by atoms with Crippen molar-refractivity contribution in [2.24, 2.45) is 11.7 Å². The molecule has 1 aromatic carbocycles. The minimum atomic E-state index is -0.147. The summed E-state index contributed by atoms with van der Waals surface area (Å²) in [5, 5.41) is 0. The van der Waals surface area contributed by atoms with E-state index in [1.807, 2.05) is 13.0 Å². The van der Waals surface area contributed by atoms with E-state index in [1.165, 1.54) is 12.5 Å². The third kappa shape index (κ3) is 2.37. The number of benzene rings is 1. The lowest BCUT2D eigenvalue weighted by Crippen LogP contribution is -2.43. The zero-order valence-corrected chi connectivity index (χ0v) is 11.5.